The van der Waals surface area contributed by atoms with Crippen molar-refractivity contribution in [3.63, 3.8) is 0 Å². The largest absolute Gasteiger partial charge is 0.383 e. The molecule has 0 aromatic carbocycles. The summed E-state index contributed by atoms with van der Waals surface area (Å²) in [6.07, 6.45) is 2.08. The van der Waals surface area contributed by atoms with Crippen LogP contribution in [0.3, 0.4) is 0 Å². The molecule has 0 radical (unpaired) electrons. The SMILES string of the molecule is CC(C)[C@H](O)C(=O)N1CC2C=C(c3ccc(NCC(C)(C)C)c(N(C)N=O)n3)CC2C1. The molecule has 1 aromatic rings. The van der Waals surface area contributed by atoms with Crippen molar-refractivity contribution in [2.24, 2.45) is 28.5 Å². The van der Waals surface area contributed by atoms with Gasteiger partial charge in [-0.1, -0.05) is 40.7 Å². The zero-order valence-corrected chi connectivity index (χ0v) is 19.4. The lowest BCUT2D eigenvalue weighted by Gasteiger charge is -2.23. The molecule has 1 saturated heterocycles. The van der Waals surface area contributed by atoms with Gasteiger partial charge in [0.25, 0.3) is 5.91 Å². The number of hydrogen-bond donors (Lipinski definition) is 2. The number of anilines is 2. The highest BCUT2D eigenvalue weighted by atomic mass is 16.3. The number of likely N-dealkylation sites (tertiary alicyclic amines) is 1. The van der Waals surface area contributed by atoms with Gasteiger partial charge >= 0.3 is 0 Å². The smallest absolute Gasteiger partial charge is 0.251 e. The van der Waals surface area contributed by atoms with E-state index in [0.717, 1.165) is 29.9 Å². The Bertz CT molecular complexity index is 861. The Morgan fingerprint density at radius 2 is 2.06 bits per heavy atom. The van der Waals surface area contributed by atoms with Crippen LogP contribution in [-0.4, -0.2) is 53.7 Å². The van der Waals surface area contributed by atoms with Gasteiger partial charge in [-0.2, -0.15) is 0 Å². The summed E-state index contributed by atoms with van der Waals surface area (Å²) in [5.74, 6) is 0.850. The first-order valence-electron chi connectivity index (χ1n) is 11.0. The molecule has 1 aliphatic heterocycles. The lowest BCUT2D eigenvalue weighted by molar-refractivity contribution is -0.141. The van der Waals surface area contributed by atoms with Crippen LogP contribution in [0.1, 0.15) is 46.7 Å². The summed E-state index contributed by atoms with van der Waals surface area (Å²) in [6.45, 7) is 12.1. The third-order valence-electron chi connectivity index (χ3n) is 6.03. The maximum atomic E-state index is 12.5. The Hall–Kier alpha value is -2.48. The molecule has 1 fully saturated rings. The van der Waals surface area contributed by atoms with Gasteiger partial charge in [-0.15, -0.1) is 4.91 Å². The second-order valence-corrected chi connectivity index (χ2v) is 10.3. The van der Waals surface area contributed by atoms with Gasteiger partial charge in [-0.3, -0.25) is 4.79 Å². The van der Waals surface area contributed by atoms with Crippen molar-refractivity contribution in [2.75, 3.05) is 37.0 Å². The maximum absolute atomic E-state index is 12.5. The molecule has 3 atom stereocenters. The van der Waals surface area contributed by atoms with E-state index in [4.69, 9.17) is 4.98 Å². The van der Waals surface area contributed by atoms with Crippen molar-refractivity contribution in [1.82, 2.24) is 9.88 Å². The fourth-order valence-electron chi connectivity index (χ4n) is 4.16. The van der Waals surface area contributed by atoms with Crippen molar-refractivity contribution in [3.8, 4) is 0 Å². The molecule has 31 heavy (non-hydrogen) atoms. The summed E-state index contributed by atoms with van der Waals surface area (Å²) in [5, 5.41) is 17.8. The average Bonchev–Trinajstić information content (AvgIpc) is 3.29. The number of nitroso groups, excluding NO2 is 1. The van der Waals surface area contributed by atoms with Crippen LogP contribution in [0.25, 0.3) is 5.57 Å². The van der Waals surface area contributed by atoms with Gasteiger partial charge in [0.15, 0.2) is 5.82 Å². The highest BCUT2D eigenvalue weighted by Crippen LogP contribution is 2.41. The van der Waals surface area contributed by atoms with Gasteiger partial charge in [0.2, 0.25) is 0 Å². The van der Waals surface area contributed by atoms with Crippen molar-refractivity contribution in [2.45, 2.75) is 47.1 Å². The third kappa shape index (κ3) is 5.23. The molecule has 2 unspecified atom stereocenters. The Balaban J connectivity index is 1.76. The van der Waals surface area contributed by atoms with E-state index in [1.54, 1.807) is 11.9 Å². The van der Waals surface area contributed by atoms with Gasteiger partial charge in [-0.25, -0.2) is 9.99 Å². The Kier molecular flexibility index (Phi) is 6.69. The standard InChI is InChI=1S/C23H35N5O3/c1-14(2)20(29)22(30)28-11-16-9-15(10-17(16)12-28)18-7-8-19(24-13-23(3,4)5)21(25-18)27(6)26-31/h7-9,14,16-17,20,24,29H,10-13H2,1-6H3/t16?,17?,20-/m0/s1. The number of carbonyl (C=O) groups excluding carboxylic acids is 1. The summed E-state index contributed by atoms with van der Waals surface area (Å²) in [4.78, 5) is 30.2. The number of pyridine rings is 1. The topological polar surface area (TPSA) is 98.1 Å². The number of fused-ring (bicyclic) bond motifs is 1. The molecule has 2 heterocycles. The molecule has 0 saturated carbocycles. The van der Waals surface area contributed by atoms with Gasteiger partial charge < -0.3 is 15.3 Å². The van der Waals surface area contributed by atoms with Crippen LogP contribution in [0.4, 0.5) is 11.5 Å². The number of amides is 1. The first-order chi connectivity index (χ1) is 14.5. The molecular weight excluding hydrogens is 394 g/mol. The van der Waals surface area contributed by atoms with E-state index >= 15 is 0 Å². The quantitative estimate of drug-likeness (QED) is 0.508. The predicted octanol–water partition coefficient (Wildman–Crippen LogP) is 3.54. The van der Waals surface area contributed by atoms with Crippen LogP contribution in [0.5, 0.6) is 0 Å². The molecule has 3 rings (SSSR count). The van der Waals surface area contributed by atoms with Crippen LogP contribution in [0.15, 0.2) is 23.5 Å². The molecule has 1 amide bonds. The Morgan fingerprint density at radius 1 is 1.35 bits per heavy atom. The molecule has 0 bridgehead atoms. The van der Waals surface area contributed by atoms with E-state index in [1.807, 2.05) is 26.0 Å². The first-order valence-corrected chi connectivity index (χ1v) is 11.0. The number of carbonyl (C=O) groups is 1. The number of nitrogens with zero attached hydrogens (tertiary/aromatic N) is 4. The number of aliphatic hydroxyl groups is 1. The van der Waals surface area contributed by atoms with Crippen LogP contribution in [0, 0.1) is 28.1 Å². The van der Waals surface area contributed by atoms with E-state index in [-0.39, 0.29) is 23.2 Å². The Morgan fingerprint density at radius 3 is 2.65 bits per heavy atom. The highest BCUT2D eigenvalue weighted by Gasteiger charge is 2.40. The summed E-state index contributed by atoms with van der Waals surface area (Å²) in [6, 6.07) is 3.93. The first kappa shape index (κ1) is 23.2. The highest BCUT2D eigenvalue weighted by molar-refractivity contribution is 5.81. The number of nitrogens with one attached hydrogen (secondary N) is 1. The third-order valence-corrected chi connectivity index (χ3v) is 6.03. The number of allylic oxidation sites excluding steroid dienone is 1. The van der Waals surface area contributed by atoms with Crippen molar-refractivity contribution >= 4 is 23.0 Å². The molecular formula is C23H35N5O3. The molecule has 1 aliphatic carbocycles. The zero-order valence-electron chi connectivity index (χ0n) is 19.4. The van der Waals surface area contributed by atoms with Gasteiger partial charge in [0.05, 0.1) is 16.7 Å². The zero-order chi connectivity index (χ0) is 22.9. The maximum Gasteiger partial charge on any atom is 0.251 e. The fraction of sp³-hybridized carbons (Fsp3) is 0.652. The van der Waals surface area contributed by atoms with Crippen molar-refractivity contribution in [1.29, 1.82) is 0 Å². The van der Waals surface area contributed by atoms with E-state index in [9.17, 15) is 14.8 Å². The second-order valence-electron chi connectivity index (χ2n) is 10.3. The van der Waals surface area contributed by atoms with E-state index in [2.05, 4.69) is 37.4 Å². The Labute approximate surface area is 184 Å². The minimum atomic E-state index is -0.939. The van der Waals surface area contributed by atoms with Gasteiger partial charge in [0, 0.05) is 26.7 Å². The minimum Gasteiger partial charge on any atom is -0.383 e. The summed E-state index contributed by atoms with van der Waals surface area (Å²) in [5.41, 5.74) is 2.83. The monoisotopic (exact) mass is 429 g/mol. The van der Waals surface area contributed by atoms with Crippen LogP contribution in [0.2, 0.25) is 0 Å². The van der Waals surface area contributed by atoms with E-state index < -0.39 is 6.10 Å². The molecule has 2 N–H and O–H groups in total. The molecule has 8 nitrogen and oxygen atoms in total. The van der Waals surface area contributed by atoms with E-state index in [0.29, 0.717) is 24.8 Å². The molecule has 2 aliphatic rings. The molecule has 170 valence electrons. The fourth-order valence-corrected chi connectivity index (χ4v) is 4.16. The van der Waals surface area contributed by atoms with Crippen molar-refractivity contribution in [3.05, 3.63) is 28.8 Å². The molecule has 8 heteroatoms. The van der Waals surface area contributed by atoms with Crippen LogP contribution >= 0.6 is 0 Å². The number of aliphatic hydroxyl groups excluding tert-OH is 1. The number of hydrogen-bond acceptors (Lipinski definition) is 6. The van der Waals surface area contributed by atoms with E-state index in [1.165, 1.54) is 5.01 Å². The second kappa shape index (κ2) is 8.94. The summed E-state index contributed by atoms with van der Waals surface area (Å²) >= 11 is 0. The summed E-state index contributed by atoms with van der Waals surface area (Å²) < 4.78 is 0. The summed E-state index contributed by atoms with van der Waals surface area (Å²) in [7, 11) is 1.60. The van der Waals surface area contributed by atoms with Gasteiger partial charge in [0.1, 0.15) is 6.10 Å². The van der Waals surface area contributed by atoms with Crippen LogP contribution < -0.4 is 10.3 Å². The predicted molar refractivity (Wildman–Crippen MR) is 123 cm³/mol. The normalized spacial score (nSPS) is 21.7. The average molecular weight is 430 g/mol. The molecule has 1 aromatic heterocycles. The number of rotatable bonds is 7. The van der Waals surface area contributed by atoms with Gasteiger partial charge in [-0.05, 0) is 47.3 Å². The molecule has 0 spiro atoms. The number of aromatic nitrogens is 1. The minimum absolute atomic E-state index is 0.0843. The lowest BCUT2D eigenvalue weighted by atomic mass is 9.97. The van der Waals surface area contributed by atoms with Crippen molar-refractivity contribution < 1.29 is 9.90 Å². The van der Waals surface area contributed by atoms with Crippen LogP contribution in [-0.2, 0) is 4.79 Å². The lowest BCUT2D eigenvalue weighted by Crippen LogP contribution is -2.40.